The van der Waals surface area contributed by atoms with E-state index < -0.39 is 0 Å². The average Bonchev–Trinajstić information content (AvgIpc) is 2.86. The maximum absolute atomic E-state index is 8.57. The number of hydrogen-bond acceptors (Lipinski definition) is 1. The van der Waals surface area contributed by atoms with Crippen molar-refractivity contribution in [1.29, 1.82) is 5.26 Å². The van der Waals surface area contributed by atoms with E-state index in [-0.39, 0.29) is 0 Å². The Morgan fingerprint density at radius 2 is 1.33 bits per heavy atom. The molecule has 0 atom stereocenters. The van der Waals surface area contributed by atoms with Gasteiger partial charge in [-0.3, -0.25) is 0 Å². The summed E-state index contributed by atoms with van der Waals surface area (Å²) in [6.07, 6.45) is 30.0. The Morgan fingerprint density at radius 3 is 1.91 bits per heavy atom. The molecule has 1 nitrogen and oxygen atoms in total. The van der Waals surface area contributed by atoms with Crippen molar-refractivity contribution in [3.05, 3.63) is 59.7 Å². The largest absolute Gasteiger partial charge is 0.193 e. The van der Waals surface area contributed by atoms with Crippen LogP contribution in [0.3, 0.4) is 0 Å². The van der Waals surface area contributed by atoms with E-state index in [0.717, 1.165) is 23.7 Å². The van der Waals surface area contributed by atoms with Gasteiger partial charge < -0.3 is 0 Å². The summed E-state index contributed by atoms with van der Waals surface area (Å²) in [5, 5.41) is 8.57. The number of nitriles is 1. The van der Waals surface area contributed by atoms with Crippen LogP contribution in [0.15, 0.2) is 48.6 Å². The Balaban J connectivity index is 1.25. The van der Waals surface area contributed by atoms with Crippen LogP contribution in [0.4, 0.5) is 0 Å². The van der Waals surface area contributed by atoms with E-state index >= 15 is 0 Å². The predicted molar refractivity (Wildman–Crippen MR) is 142 cm³/mol. The number of aryl methyl sites for hydroxylation is 2. The lowest BCUT2D eigenvalue weighted by molar-refractivity contribution is 0.151. The third-order valence-corrected chi connectivity index (χ3v) is 8.46. The molecule has 33 heavy (non-hydrogen) atoms. The second-order valence-corrected chi connectivity index (χ2v) is 10.8. The number of nitrogens with zero attached hydrogens (tertiary/aromatic N) is 1. The molecule has 0 aromatic heterocycles. The fourth-order valence-electron chi connectivity index (χ4n) is 6.29. The van der Waals surface area contributed by atoms with E-state index in [4.69, 9.17) is 5.26 Å². The standard InChI is InChI=1S/C32H47N/c1-2-3-5-10-27-14-16-28(17-15-27)12-7-8-13-30-20-24-32(25-21-30)31-22-18-29(19-23-31)11-6-4-9-26-33/h4,6,9,11,14-17,29-32H,2-3,5,7-8,10,12-13,18-25H2,1H3/b9-4+,11-6+/t29?,30-,31?,32-. The lowest BCUT2D eigenvalue weighted by Gasteiger charge is -2.37. The van der Waals surface area contributed by atoms with Crippen molar-refractivity contribution in [3.8, 4) is 6.07 Å². The summed E-state index contributed by atoms with van der Waals surface area (Å²) in [4.78, 5) is 0. The third-order valence-electron chi connectivity index (χ3n) is 8.46. The zero-order chi connectivity index (χ0) is 23.1. The van der Waals surface area contributed by atoms with Crippen molar-refractivity contribution in [2.24, 2.45) is 23.7 Å². The molecule has 0 bridgehead atoms. The van der Waals surface area contributed by atoms with Crippen LogP contribution < -0.4 is 0 Å². The van der Waals surface area contributed by atoms with Gasteiger partial charge in [-0.25, -0.2) is 0 Å². The Kier molecular flexibility index (Phi) is 11.9. The number of unbranched alkanes of at least 4 members (excludes halogenated alkanes) is 3. The summed E-state index contributed by atoms with van der Waals surface area (Å²) in [6.45, 7) is 2.28. The van der Waals surface area contributed by atoms with Crippen molar-refractivity contribution in [2.75, 3.05) is 0 Å². The lowest BCUT2D eigenvalue weighted by Crippen LogP contribution is -2.25. The van der Waals surface area contributed by atoms with E-state index in [1.54, 1.807) is 6.08 Å². The zero-order valence-corrected chi connectivity index (χ0v) is 21.2. The van der Waals surface area contributed by atoms with Crippen LogP contribution in [0.25, 0.3) is 0 Å². The van der Waals surface area contributed by atoms with E-state index in [9.17, 15) is 0 Å². The fraction of sp³-hybridized carbons (Fsp3) is 0.656. The summed E-state index contributed by atoms with van der Waals surface area (Å²) in [7, 11) is 0. The zero-order valence-electron chi connectivity index (χ0n) is 21.2. The van der Waals surface area contributed by atoms with Crippen LogP contribution in [0.2, 0.25) is 0 Å². The van der Waals surface area contributed by atoms with Gasteiger partial charge in [0.2, 0.25) is 0 Å². The number of hydrogen-bond donors (Lipinski definition) is 0. The molecule has 2 aliphatic carbocycles. The van der Waals surface area contributed by atoms with E-state index in [2.05, 4.69) is 49.4 Å². The molecular formula is C32H47N. The van der Waals surface area contributed by atoms with Crippen molar-refractivity contribution in [2.45, 2.75) is 110 Å². The fourth-order valence-corrected chi connectivity index (χ4v) is 6.29. The number of allylic oxidation sites excluding steroid dienone is 4. The first kappa shape index (κ1) is 25.8. The maximum atomic E-state index is 8.57. The summed E-state index contributed by atoms with van der Waals surface area (Å²) < 4.78 is 0. The molecule has 2 aliphatic rings. The molecule has 0 unspecified atom stereocenters. The highest BCUT2D eigenvalue weighted by Gasteiger charge is 2.30. The van der Waals surface area contributed by atoms with Crippen LogP contribution in [0.5, 0.6) is 0 Å². The first-order valence-electron chi connectivity index (χ1n) is 14.1. The van der Waals surface area contributed by atoms with Gasteiger partial charge in [0.1, 0.15) is 0 Å². The lowest BCUT2D eigenvalue weighted by atomic mass is 9.68. The molecule has 0 N–H and O–H groups in total. The molecule has 0 heterocycles. The Morgan fingerprint density at radius 1 is 0.758 bits per heavy atom. The molecule has 0 radical (unpaired) electrons. The van der Waals surface area contributed by atoms with Gasteiger partial charge in [0.25, 0.3) is 0 Å². The monoisotopic (exact) mass is 445 g/mol. The van der Waals surface area contributed by atoms with Crippen molar-refractivity contribution < 1.29 is 0 Å². The minimum absolute atomic E-state index is 0.734. The Hall–Kier alpha value is -1.81. The van der Waals surface area contributed by atoms with Crippen LogP contribution in [-0.4, -0.2) is 0 Å². The Bertz CT molecular complexity index is 734. The molecular weight excluding hydrogens is 398 g/mol. The van der Waals surface area contributed by atoms with Crippen molar-refractivity contribution >= 4 is 0 Å². The first-order chi connectivity index (χ1) is 16.3. The molecule has 0 amide bonds. The highest BCUT2D eigenvalue weighted by Crippen LogP contribution is 2.42. The highest BCUT2D eigenvalue weighted by atomic mass is 14.4. The topological polar surface area (TPSA) is 23.8 Å². The maximum Gasteiger partial charge on any atom is 0.0912 e. The normalized spacial score (nSPS) is 26.1. The summed E-state index contributed by atoms with van der Waals surface area (Å²) in [5.74, 6) is 3.71. The Labute approximate surface area is 204 Å². The molecule has 1 aromatic carbocycles. The highest BCUT2D eigenvalue weighted by molar-refractivity contribution is 5.22. The number of rotatable bonds is 12. The molecule has 2 fully saturated rings. The van der Waals surface area contributed by atoms with Crippen LogP contribution in [0, 0.1) is 35.0 Å². The minimum Gasteiger partial charge on any atom is -0.193 e. The van der Waals surface area contributed by atoms with Crippen LogP contribution in [0.1, 0.15) is 108 Å². The summed E-state index contributed by atoms with van der Waals surface area (Å²) >= 11 is 0. The molecule has 1 heteroatoms. The van der Waals surface area contributed by atoms with E-state index in [1.165, 1.54) is 114 Å². The second kappa shape index (κ2) is 15.2. The number of benzene rings is 1. The van der Waals surface area contributed by atoms with Crippen molar-refractivity contribution in [3.63, 3.8) is 0 Å². The van der Waals surface area contributed by atoms with Gasteiger partial charge in [-0.15, -0.1) is 0 Å². The molecule has 0 spiro atoms. The van der Waals surface area contributed by atoms with Gasteiger partial charge in [0.05, 0.1) is 6.07 Å². The third kappa shape index (κ3) is 9.52. The van der Waals surface area contributed by atoms with Crippen LogP contribution in [-0.2, 0) is 12.8 Å². The summed E-state index contributed by atoms with van der Waals surface area (Å²) in [6, 6.07) is 11.5. The smallest absolute Gasteiger partial charge is 0.0912 e. The van der Waals surface area contributed by atoms with Gasteiger partial charge in [-0.2, -0.15) is 5.26 Å². The van der Waals surface area contributed by atoms with E-state index in [1.807, 2.05) is 6.08 Å². The molecule has 180 valence electrons. The molecule has 0 aliphatic heterocycles. The molecule has 3 rings (SSSR count). The van der Waals surface area contributed by atoms with Gasteiger partial charge in [0.15, 0.2) is 0 Å². The average molecular weight is 446 g/mol. The SMILES string of the molecule is CCCCCc1ccc(CCCC[C@H]2CC[C@H](C3CCC(/C=C/C=C/C#N)CC3)CC2)cc1. The molecule has 2 saturated carbocycles. The van der Waals surface area contributed by atoms with Crippen LogP contribution >= 0.6 is 0 Å². The quantitative estimate of drug-likeness (QED) is 0.178. The summed E-state index contributed by atoms with van der Waals surface area (Å²) in [5.41, 5.74) is 3.05. The van der Waals surface area contributed by atoms with Gasteiger partial charge in [-0.05, 0) is 99.0 Å². The van der Waals surface area contributed by atoms with Gasteiger partial charge in [-0.1, -0.05) is 87.9 Å². The van der Waals surface area contributed by atoms with Crippen molar-refractivity contribution in [1.82, 2.24) is 0 Å². The minimum atomic E-state index is 0.734. The second-order valence-electron chi connectivity index (χ2n) is 10.8. The first-order valence-corrected chi connectivity index (χ1v) is 14.1. The van der Waals surface area contributed by atoms with Gasteiger partial charge >= 0.3 is 0 Å². The predicted octanol–water partition coefficient (Wildman–Crippen LogP) is 9.38. The van der Waals surface area contributed by atoms with E-state index in [0.29, 0.717) is 0 Å². The van der Waals surface area contributed by atoms with Gasteiger partial charge in [0, 0.05) is 6.08 Å². The molecule has 1 aromatic rings. The molecule has 0 saturated heterocycles.